The van der Waals surface area contributed by atoms with Crippen LogP contribution in [0, 0.1) is 0 Å². The minimum absolute atomic E-state index is 0.00385. The first kappa shape index (κ1) is 22.8. The van der Waals surface area contributed by atoms with Crippen molar-refractivity contribution >= 4 is 33.6 Å². The third-order valence-corrected chi connectivity index (χ3v) is 7.23. The molecule has 0 aliphatic carbocycles. The van der Waals surface area contributed by atoms with Crippen LogP contribution >= 0.6 is 11.6 Å². The number of hydrogen-bond acceptors (Lipinski definition) is 5. The van der Waals surface area contributed by atoms with Gasteiger partial charge in [0.1, 0.15) is 0 Å². The highest BCUT2D eigenvalue weighted by molar-refractivity contribution is 7.89. The zero-order valence-electron chi connectivity index (χ0n) is 15.8. The van der Waals surface area contributed by atoms with E-state index < -0.39 is 37.7 Å². The molecule has 1 aromatic rings. The highest BCUT2D eigenvalue weighted by atomic mass is 35.5. The van der Waals surface area contributed by atoms with E-state index in [1.165, 1.54) is 0 Å². The van der Waals surface area contributed by atoms with Gasteiger partial charge in [-0.1, -0.05) is 11.6 Å². The summed E-state index contributed by atoms with van der Waals surface area (Å²) in [6.45, 7) is 1.84. The number of halogens is 4. The number of nitrogens with one attached hydrogen (secondary N) is 1. The van der Waals surface area contributed by atoms with E-state index in [-0.39, 0.29) is 32.1 Å². The van der Waals surface area contributed by atoms with Crippen LogP contribution in [0.1, 0.15) is 12.0 Å². The molecular formula is C17H20ClF3N4O4S. The Kier molecular flexibility index (Phi) is 6.60. The highest BCUT2D eigenvalue weighted by Gasteiger charge is 2.36. The average molecular weight is 469 g/mol. The van der Waals surface area contributed by atoms with Gasteiger partial charge in [-0.15, -0.1) is 0 Å². The van der Waals surface area contributed by atoms with Crippen molar-refractivity contribution in [3.63, 3.8) is 0 Å². The summed E-state index contributed by atoms with van der Waals surface area (Å²) >= 11 is 5.56. The minimum Gasteiger partial charge on any atom is -0.329 e. The summed E-state index contributed by atoms with van der Waals surface area (Å²) in [6.07, 6.45) is -4.22. The first-order valence-electron chi connectivity index (χ1n) is 9.17. The number of alkyl halides is 3. The predicted octanol–water partition coefficient (Wildman–Crippen LogP) is 1.61. The number of carbonyl (C=O) groups excluding carboxylic acids is 2. The molecule has 30 heavy (non-hydrogen) atoms. The van der Waals surface area contributed by atoms with Crippen molar-refractivity contribution in [3.8, 4) is 0 Å². The lowest BCUT2D eigenvalue weighted by Gasteiger charge is -2.34. The summed E-state index contributed by atoms with van der Waals surface area (Å²) in [5.74, 6) is -0.280. The van der Waals surface area contributed by atoms with E-state index in [0.717, 1.165) is 21.3 Å². The number of piperazine rings is 1. The van der Waals surface area contributed by atoms with Gasteiger partial charge in [-0.05, 0) is 31.2 Å². The van der Waals surface area contributed by atoms with Gasteiger partial charge in [0.25, 0.3) is 0 Å². The van der Waals surface area contributed by atoms with Crippen LogP contribution < -0.4 is 5.32 Å². The zero-order valence-corrected chi connectivity index (χ0v) is 17.4. The number of rotatable bonds is 6. The number of imide groups is 1. The summed E-state index contributed by atoms with van der Waals surface area (Å²) in [4.78, 5) is 25.7. The molecule has 0 aromatic heterocycles. The maximum atomic E-state index is 13.0. The van der Waals surface area contributed by atoms with E-state index in [0.29, 0.717) is 32.1 Å². The lowest BCUT2D eigenvalue weighted by atomic mass is 10.2. The largest absolute Gasteiger partial charge is 0.417 e. The molecule has 2 aliphatic heterocycles. The molecular weight excluding hydrogens is 449 g/mol. The number of urea groups is 1. The summed E-state index contributed by atoms with van der Waals surface area (Å²) in [7, 11) is -4.09. The summed E-state index contributed by atoms with van der Waals surface area (Å²) in [6, 6.07) is 2.14. The zero-order chi connectivity index (χ0) is 22.1. The van der Waals surface area contributed by atoms with Gasteiger partial charge in [-0.25, -0.2) is 13.2 Å². The van der Waals surface area contributed by atoms with Crippen LogP contribution in [-0.4, -0.2) is 80.3 Å². The predicted molar refractivity (Wildman–Crippen MR) is 101 cm³/mol. The Morgan fingerprint density at radius 1 is 1.07 bits per heavy atom. The van der Waals surface area contributed by atoms with E-state index in [9.17, 15) is 31.2 Å². The van der Waals surface area contributed by atoms with Gasteiger partial charge in [-0.2, -0.15) is 17.5 Å². The Bertz CT molecular complexity index is 917. The van der Waals surface area contributed by atoms with Crippen LogP contribution in [0.25, 0.3) is 0 Å². The summed E-state index contributed by atoms with van der Waals surface area (Å²) < 4.78 is 65.8. The number of sulfonamides is 1. The number of hydrogen-bond donors (Lipinski definition) is 1. The Labute approximate surface area is 176 Å². The van der Waals surface area contributed by atoms with E-state index in [1.807, 2.05) is 4.90 Å². The van der Waals surface area contributed by atoms with E-state index in [1.54, 1.807) is 0 Å². The molecule has 0 radical (unpaired) electrons. The molecule has 1 aromatic carbocycles. The molecule has 2 fully saturated rings. The Morgan fingerprint density at radius 2 is 1.73 bits per heavy atom. The van der Waals surface area contributed by atoms with E-state index in [4.69, 9.17) is 11.6 Å². The molecule has 166 valence electrons. The molecule has 8 nitrogen and oxygen atoms in total. The van der Waals surface area contributed by atoms with Crippen LogP contribution in [0.15, 0.2) is 23.1 Å². The van der Waals surface area contributed by atoms with Crippen molar-refractivity contribution in [3.05, 3.63) is 28.8 Å². The molecule has 0 saturated carbocycles. The van der Waals surface area contributed by atoms with Crippen LogP contribution in [0.2, 0.25) is 5.02 Å². The standard InChI is InChI=1S/C17H20ClF3N4O4S/c18-14-3-2-12(10-13(14)17(19,20)21)30(28,29)24-8-6-23(7-9-24)4-1-5-25-15(26)11-22-16(25)27/h2-3,10H,1,4-9,11H2,(H,22,27). The van der Waals surface area contributed by atoms with Crippen LogP contribution in [0.5, 0.6) is 0 Å². The molecule has 2 aliphatic rings. The monoisotopic (exact) mass is 468 g/mol. The third kappa shape index (κ3) is 4.88. The number of amides is 3. The normalized spacial score (nSPS) is 19.4. The van der Waals surface area contributed by atoms with Crippen LogP contribution in [0.3, 0.4) is 0 Å². The van der Waals surface area contributed by atoms with Crippen LogP contribution in [0.4, 0.5) is 18.0 Å². The number of benzene rings is 1. The number of nitrogens with zero attached hydrogens (tertiary/aromatic N) is 3. The Balaban J connectivity index is 1.56. The average Bonchev–Trinajstić information content (AvgIpc) is 2.99. The van der Waals surface area contributed by atoms with E-state index >= 15 is 0 Å². The molecule has 0 unspecified atom stereocenters. The van der Waals surface area contributed by atoms with Crippen molar-refractivity contribution in [2.24, 2.45) is 0 Å². The molecule has 13 heteroatoms. The third-order valence-electron chi connectivity index (χ3n) is 5.01. The van der Waals surface area contributed by atoms with Gasteiger partial charge in [0, 0.05) is 32.7 Å². The molecule has 0 spiro atoms. The molecule has 2 heterocycles. The van der Waals surface area contributed by atoms with Gasteiger partial charge in [0.2, 0.25) is 15.9 Å². The first-order chi connectivity index (χ1) is 14.0. The second-order valence-electron chi connectivity index (χ2n) is 6.94. The maximum absolute atomic E-state index is 13.0. The topological polar surface area (TPSA) is 90.0 Å². The smallest absolute Gasteiger partial charge is 0.329 e. The lowest BCUT2D eigenvalue weighted by Crippen LogP contribution is -2.49. The first-order valence-corrected chi connectivity index (χ1v) is 11.0. The Morgan fingerprint density at radius 3 is 2.30 bits per heavy atom. The molecule has 0 bridgehead atoms. The fraction of sp³-hybridized carbons (Fsp3) is 0.529. The van der Waals surface area contributed by atoms with Gasteiger partial charge < -0.3 is 10.2 Å². The maximum Gasteiger partial charge on any atom is 0.417 e. The van der Waals surface area contributed by atoms with Gasteiger partial charge in [0.05, 0.1) is 22.0 Å². The van der Waals surface area contributed by atoms with Gasteiger partial charge in [-0.3, -0.25) is 9.69 Å². The highest BCUT2D eigenvalue weighted by Crippen LogP contribution is 2.36. The number of carbonyl (C=O) groups is 2. The molecule has 2 saturated heterocycles. The van der Waals surface area contributed by atoms with Crippen molar-refractivity contribution in [2.45, 2.75) is 17.5 Å². The quantitative estimate of drug-likeness (QED) is 0.641. The molecule has 3 rings (SSSR count). The lowest BCUT2D eigenvalue weighted by molar-refractivity contribution is -0.137. The second-order valence-corrected chi connectivity index (χ2v) is 9.29. The van der Waals surface area contributed by atoms with Crippen molar-refractivity contribution < 1.29 is 31.2 Å². The van der Waals surface area contributed by atoms with Gasteiger partial charge in [0.15, 0.2) is 0 Å². The molecule has 1 N–H and O–H groups in total. The Hall–Kier alpha value is -1.89. The van der Waals surface area contributed by atoms with Crippen molar-refractivity contribution in [1.82, 2.24) is 19.4 Å². The van der Waals surface area contributed by atoms with Crippen molar-refractivity contribution in [1.29, 1.82) is 0 Å². The van der Waals surface area contributed by atoms with Gasteiger partial charge >= 0.3 is 12.2 Å². The summed E-state index contributed by atoms with van der Waals surface area (Å²) in [5.41, 5.74) is -1.19. The minimum atomic E-state index is -4.76. The fourth-order valence-corrected chi connectivity index (χ4v) is 5.03. The second kappa shape index (κ2) is 8.69. The van der Waals surface area contributed by atoms with Crippen molar-refractivity contribution in [2.75, 3.05) is 45.8 Å². The van der Waals surface area contributed by atoms with Crippen LogP contribution in [-0.2, 0) is 21.0 Å². The summed E-state index contributed by atoms with van der Waals surface area (Å²) in [5, 5.41) is 1.88. The fourth-order valence-electron chi connectivity index (χ4n) is 3.36. The molecule has 3 amide bonds. The SMILES string of the molecule is O=C1CNC(=O)N1CCCN1CCN(S(=O)(=O)c2ccc(Cl)c(C(F)(F)F)c2)CC1. The molecule has 0 atom stereocenters. The van der Waals surface area contributed by atoms with E-state index in [2.05, 4.69) is 5.32 Å².